The average molecular weight is 725 g/mol. The molecule has 0 radical (unpaired) electrons. The predicted octanol–water partition coefficient (Wildman–Crippen LogP) is 4.66. The van der Waals surface area contributed by atoms with Gasteiger partial charge in [-0.3, -0.25) is 0 Å². The first-order valence-electron chi connectivity index (χ1n) is 18.6. The number of benzene rings is 3. The molecule has 2 fully saturated rings. The Morgan fingerprint density at radius 2 is 1.08 bits per heavy atom. The van der Waals surface area contributed by atoms with Crippen LogP contribution in [-0.2, 0) is 53.0 Å². The van der Waals surface area contributed by atoms with E-state index in [-0.39, 0.29) is 19.8 Å². The molecule has 4 N–H and O–H groups in total. The van der Waals surface area contributed by atoms with Crippen LogP contribution in [0, 0.1) is 0 Å². The first-order chi connectivity index (χ1) is 25.5. The molecule has 3 aromatic carbocycles. The van der Waals surface area contributed by atoms with E-state index in [1.165, 1.54) is 6.42 Å². The molecule has 2 saturated heterocycles. The van der Waals surface area contributed by atoms with Crippen LogP contribution in [-0.4, -0.2) is 102 Å². The molecule has 0 spiro atoms. The zero-order valence-electron chi connectivity index (χ0n) is 30.1. The number of rotatable bonds is 21. The highest BCUT2D eigenvalue weighted by molar-refractivity contribution is 5.15. The van der Waals surface area contributed by atoms with Gasteiger partial charge in [-0.15, -0.1) is 0 Å². The lowest BCUT2D eigenvalue weighted by Gasteiger charge is -2.47. The Morgan fingerprint density at radius 1 is 0.538 bits per heavy atom. The van der Waals surface area contributed by atoms with Crippen LogP contribution in [0.25, 0.3) is 0 Å². The molecule has 10 atom stereocenters. The van der Waals surface area contributed by atoms with Crippen LogP contribution in [0.3, 0.4) is 0 Å². The first kappa shape index (κ1) is 40.4. The molecule has 11 heteroatoms. The van der Waals surface area contributed by atoms with Crippen LogP contribution in [0.15, 0.2) is 91.0 Å². The maximum Gasteiger partial charge on any atom is 0.187 e. The molecule has 52 heavy (non-hydrogen) atoms. The fourth-order valence-electron chi connectivity index (χ4n) is 6.53. The monoisotopic (exact) mass is 724 g/mol. The van der Waals surface area contributed by atoms with E-state index >= 15 is 0 Å². The maximum atomic E-state index is 11.8. The van der Waals surface area contributed by atoms with E-state index in [2.05, 4.69) is 6.92 Å². The standard InChI is InChI=1S/C41H56O11/c1-2-3-4-5-6-16-23-47-40-35(44)34(43)37(32(24-42)50-40)52-41-36(45)39(49-27-31-21-14-9-15-22-31)38(48-26-30-19-12-8-13-20-30)33(51-41)28-46-25-29-17-10-7-11-18-29/h7-15,17-22,32-45H,2-6,16,23-28H2,1H3/t32-,33-,34-,35-,36-,37-,38-,39-,40-,41-/m1/s1. The third-order valence-corrected chi connectivity index (χ3v) is 9.47. The quantitative estimate of drug-likeness (QED) is 0.114. The molecule has 0 amide bonds. The van der Waals surface area contributed by atoms with Crippen LogP contribution in [0.2, 0.25) is 0 Å². The molecule has 0 saturated carbocycles. The molecule has 11 nitrogen and oxygen atoms in total. The maximum absolute atomic E-state index is 11.8. The van der Waals surface area contributed by atoms with Crippen LogP contribution in [0.4, 0.5) is 0 Å². The van der Waals surface area contributed by atoms with Crippen LogP contribution in [0.5, 0.6) is 0 Å². The third kappa shape index (κ3) is 11.9. The Balaban J connectivity index is 1.31. The van der Waals surface area contributed by atoms with E-state index in [9.17, 15) is 20.4 Å². The largest absolute Gasteiger partial charge is 0.394 e. The molecule has 0 bridgehead atoms. The van der Waals surface area contributed by atoms with E-state index in [1.54, 1.807) is 0 Å². The molecule has 2 heterocycles. The van der Waals surface area contributed by atoms with Gasteiger partial charge in [0.05, 0.1) is 33.0 Å². The summed E-state index contributed by atoms with van der Waals surface area (Å²) >= 11 is 0. The topological polar surface area (TPSA) is 146 Å². The van der Waals surface area contributed by atoms with Gasteiger partial charge in [-0.25, -0.2) is 0 Å². The van der Waals surface area contributed by atoms with Crippen molar-refractivity contribution >= 4 is 0 Å². The Labute approximate surface area is 307 Å². The fourth-order valence-corrected chi connectivity index (χ4v) is 6.53. The van der Waals surface area contributed by atoms with Gasteiger partial charge in [0.2, 0.25) is 0 Å². The SMILES string of the molecule is CCCCCCCCO[C@@H]1O[C@H](CO)[C@@H](O[C@H]2O[C@H](COCc3ccccc3)[C@@H](OCc3ccccc3)[C@H](OCc3ccccc3)[C@H]2O)[C@H](O)[C@H]1O. The molecule has 286 valence electrons. The molecule has 3 aromatic rings. The lowest BCUT2D eigenvalue weighted by Crippen LogP contribution is -2.65. The zero-order chi connectivity index (χ0) is 36.5. The summed E-state index contributed by atoms with van der Waals surface area (Å²) < 4.78 is 43.3. The van der Waals surface area contributed by atoms with Crippen LogP contribution < -0.4 is 0 Å². The van der Waals surface area contributed by atoms with Gasteiger partial charge in [0, 0.05) is 6.61 Å². The van der Waals surface area contributed by atoms with Crippen molar-refractivity contribution in [3.63, 3.8) is 0 Å². The van der Waals surface area contributed by atoms with E-state index < -0.39 is 68.0 Å². The Morgan fingerprint density at radius 3 is 1.67 bits per heavy atom. The number of hydrogen-bond donors (Lipinski definition) is 4. The highest BCUT2D eigenvalue weighted by Crippen LogP contribution is 2.33. The summed E-state index contributed by atoms with van der Waals surface area (Å²) in [5.41, 5.74) is 2.79. The van der Waals surface area contributed by atoms with Crippen molar-refractivity contribution in [1.29, 1.82) is 0 Å². The molecular weight excluding hydrogens is 668 g/mol. The number of aliphatic hydroxyl groups is 4. The van der Waals surface area contributed by atoms with Gasteiger partial charge in [0.25, 0.3) is 0 Å². The van der Waals surface area contributed by atoms with Crippen molar-refractivity contribution < 1.29 is 53.6 Å². The molecule has 5 rings (SSSR count). The van der Waals surface area contributed by atoms with Crippen molar-refractivity contribution in [2.75, 3.05) is 19.8 Å². The second kappa shape index (κ2) is 21.8. The molecule has 2 aliphatic rings. The summed E-state index contributed by atoms with van der Waals surface area (Å²) in [7, 11) is 0. The molecular formula is C41H56O11. The Hall–Kier alpha value is -2.78. The van der Waals surface area contributed by atoms with Gasteiger partial charge in [-0.05, 0) is 23.1 Å². The average Bonchev–Trinajstić information content (AvgIpc) is 3.18. The minimum absolute atomic E-state index is 0.0657. The summed E-state index contributed by atoms with van der Waals surface area (Å²) in [6.45, 7) is 2.74. The van der Waals surface area contributed by atoms with Gasteiger partial charge >= 0.3 is 0 Å². The predicted molar refractivity (Wildman–Crippen MR) is 193 cm³/mol. The minimum Gasteiger partial charge on any atom is -0.394 e. The number of unbranched alkanes of at least 4 members (excludes halogenated alkanes) is 5. The highest BCUT2D eigenvalue weighted by atomic mass is 16.7. The van der Waals surface area contributed by atoms with Gasteiger partial charge < -0.3 is 53.6 Å². The summed E-state index contributed by atoms with van der Waals surface area (Å²) in [6, 6.07) is 29.0. The lowest BCUT2D eigenvalue weighted by molar-refractivity contribution is -0.365. The fraction of sp³-hybridized carbons (Fsp3) is 0.561. The van der Waals surface area contributed by atoms with E-state index in [4.69, 9.17) is 33.2 Å². The second-order valence-electron chi connectivity index (χ2n) is 13.5. The minimum atomic E-state index is -1.51. The van der Waals surface area contributed by atoms with Crippen molar-refractivity contribution in [3.05, 3.63) is 108 Å². The Kier molecular flexibility index (Phi) is 16.9. The summed E-state index contributed by atoms with van der Waals surface area (Å²) in [5.74, 6) is 0. The van der Waals surface area contributed by atoms with E-state index in [0.29, 0.717) is 13.2 Å². The van der Waals surface area contributed by atoms with Crippen molar-refractivity contribution in [2.45, 2.75) is 127 Å². The van der Waals surface area contributed by atoms with Gasteiger partial charge in [-0.2, -0.15) is 0 Å². The molecule has 2 aliphatic heterocycles. The molecule has 0 unspecified atom stereocenters. The number of aliphatic hydroxyl groups excluding tert-OH is 4. The highest BCUT2D eigenvalue weighted by Gasteiger charge is 2.52. The molecule has 0 aromatic heterocycles. The Bertz CT molecular complexity index is 1360. The van der Waals surface area contributed by atoms with Crippen molar-refractivity contribution in [1.82, 2.24) is 0 Å². The van der Waals surface area contributed by atoms with Gasteiger partial charge in [-0.1, -0.05) is 130 Å². The lowest BCUT2D eigenvalue weighted by atomic mass is 9.96. The van der Waals surface area contributed by atoms with Gasteiger partial charge in [0.15, 0.2) is 12.6 Å². The van der Waals surface area contributed by atoms with E-state index in [0.717, 1.165) is 48.8 Å². The number of hydrogen-bond acceptors (Lipinski definition) is 11. The zero-order valence-corrected chi connectivity index (χ0v) is 30.1. The van der Waals surface area contributed by atoms with Crippen molar-refractivity contribution in [3.8, 4) is 0 Å². The summed E-state index contributed by atoms with van der Waals surface area (Å²) in [4.78, 5) is 0. The summed E-state index contributed by atoms with van der Waals surface area (Å²) in [6.07, 6.45) is -5.40. The van der Waals surface area contributed by atoms with Crippen molar-refractivity contribution in [2.24, 2.45) is 0 Å². The second-order valence-corrected chi connectivity index (χ2v) is 13.5. The first-order valence-corrected chi connectivity index (χ1v) is 18.6. The van der Waals surface area contributed by atoms with Crippen LogP contribution in [0.1, 0.15) is 62.1 Å². The van der Waals surface area contributed by atoms with Crippen LogP contribution >= 0.6 is 0 Å². The smallest absolute Gasteiger partial charge is 0.187 e. The third-order valence-electron chi connectivity index (χ3n) is 9.47. The van der Waals surface area contributed by atoms with E-state index in [1.807, 2.05) is 91.0 Å². The molecule has 0 aliphatic carbocycles. The normalized spacial score (nSPS) is 29.2. The van der Waals surface area contributed by atoms with Gasteiger partial charge in [0.1, 0.15) is 48.8 Å². The summed E-state index contributed by atoms with van der Waals surface area (Å²) in [5, 5.41) is 44.4. The number of ether oxygens (including phenoxy) is 7.